The molecule has 0 bridgehead atoms. The number of hydrogen-bond acceptors (Lipinski definition) is 4. The van der Waals surface area contributed by atoms with Gasteiger partial charge in [0.15, 0.2) is 11.5 Å². The summed E-state index contributed by atoms with van der Waals surface area (Å²) >= 11 is 17.6. The highest BCUT2D eigenvalue weighted by Gasteiger charge is 2.26. The zero-order valence-corrected chi connectivity index (χ0v) is 15.1. The molecule has 4 nitrogen and oxygen atoms in total. The minimum Gasteiger partial charge on any atom is -0.378 e. The molecule has 122 valence electrons. The van der Waals surface area contributed by atoms with Crippen LogP contribution in [0.25, 0.3) is 0 Å². The Bertz CT molecular complexity index is 869. The molecule has 2 aromatic carbocycles. The summed E-state index contributed by atoms with van der Waals surface area (Å²) in [6, 6.07) is 7.11. The van der Waals surface area contributed by atoms with E-state index in [0.29, 0.717) is 0 Å². The lowest BCUT2D eigenvalue weighted by Gasteiger charge is -2.13. The number of carbonyl (C=O) groups excluding carboxylic acids is 1. The lowest BCUT2D eigenvalue weighted by Crippen LogP contribution is -2.13. The second-order valence-corrected chi connectivity index (χ2v) is 7.53. The van der Waals surface area contributed by atoms with Gasteiger partial charge < -0.3 is 4.18 Å². The van der Waals surface area contributed by atoms with Gasteiger partial charge in [0, 0.05) is 5.02 Å². The molecule has 0 heterocycles. The number of benzene rings is 2. The van der Waals surface area contributed by atoms with Crippen molar-refractivity contribution in [1.29, 1.82) is 0 Å². The summed E-state index contributed by atoms with van der Waals surface area (Å²) in [5.41, 5.74) is 0.869. The van der Waals surface area contributed by atoms with E-state index in [-0.39, 0.29) is 32.2 Å². The van der Waals surface area contributed by atoms with Crippen LogP contribution in [0.15, 0.2) is 35.2 Å². The molecule has 0 unspecified atom stereocenters. The molecule has 0 saturated carbocycles. The van der Waals surface area contributed by atoms with Crippen molar-refractivity contribution in [3.8, 4) is 5.75 Å². The van der Waals surface area contributed by atoms with E-state index >= 15 is 0 Å². The Morgan fingerprint density at radius 2 is 1.61 bits per heavy atom. The van der Waals surface area contributed by atoms with Crippen LogP contribution >= 0.6 is 34.8 Å². The number of carbonyl (C=O) groups is 1. The highest BCUT2D eigenvalue weighted by Crippen LogP contribution is 2.35. The van der Waals surface area contributed by atoms with E-state index in [9.17, 15) is 13.2 Å². The Labute approximate surface area is 149 Å². The van der Waals surface area contributed by atoms with Gasteiger partial charge in [-0.3, -0.25) is 4.79 Å². The van der Waals surface area contributed by atoms with Crippen molar-refractivity contribution in [2.45, 2.75) is 18.7 Å². The van der Waals surface area contributed by atoms with E-state index < -0.39 is 15.0 Å². The van der Waals surface area contributed by atoms with Gasteiger partial charge in [-0.15, -0.1) is 0 Å². The van der Waals surface area contributed by atoms with Crippen molar-refractivity contribution < 1.29 is 17.4 Å². The van der Waals surface area contributed by atoms with Gasteiger partial charge in [-0.05, 0) is 43.7 Å². The van der Waals surface area contributed by atoms with Crippen LogP contribution in [0.3, 0.4) is 0 Å². The van der Waals surface area contributed by atoms with Gasteiger partial charge in [0.2, 0.25) is 0 Å². The Morgan fingerprint density at radius 1 is 1.04 bits per heavy atom. The van der Waals surface area contributed by atoms with Gasteiger partial charge in [-0.1, -0.05) is 40.9 Å². The minimum atomic E-state index is -4.34. The van der Waals surface area contributed by atoms with Crippen molar-refractivity contribution in [2.24, 2.45) is 0 Å². The van der Waals surface area contributed by atoms with Crippen LogP contribution in [0.2, 0.25) is 15.1 Å². The van der Waals surface area contributed by atoms with Crippen LogP contribution in [0.4, 0.5) is 0 Å². The predicted molar refractivity (Wildman–Crippen MR) is 90.5 cm³/mol. The van der Waals surface area contributed by atoms with Crippen LogP contribution in [0, 0.1) is 6.92 Å². The largest absolute Gasteiger partial charge is 0.378 e. The lowest BCUT2D eigenvalue weighted by molar-refractivity contribution is 0.101. The summed E-state index contributed by atoms with van der Waals surface area (Å²) in [6.07, 6.45) is 0. The molecule has 0 aliphatic carbocycles. The molecule has 0 fully saturated rings. The molecule has 2 rings (SSSR count). The Kier molecular flexibility index (Phi) is 5.26. The third-order valence-corrected chi connectivity index (χ3v) is 5.31. The second kappa shape index (κ2) is 6.69. The first-order valence-electron chi connectivity index (χ1n) is 6.32. The van der Waals surface area contributed by atoms with Gasteiger partial charge in [-0.25, -0.2) is 0 Å². The summed E-state index contributed by atoms with van der Waals surface area (Å²) in [6.45, 7) is 3.05. The minimum absolute atomic E-state index is 0.0837. The fourth-order valence-electron chi connectivity index (χ4n) is 1.92. The summed E-state index contributed by atoms with van der Waals surface area (Å²) in [5, 5.41) is -0.141. The maximum absolute atomic E-state index is 12.5. The van der Waals surface area contributed by atoms with Crippen molar-refractivity contribution in [2.75, 3.05) is 0 Å². The van der Waals surface area contributed by atoms with Crippen LogP contribution in [-0.4, -0.2) is 14.2 Å². The number of rotatable bonds is 4. The number of Topliss-reactive ketones (excluding diaryl/α,β-unsaturated/α-hetero) is 1. The Morgan fingerprint density at radius 3 is 2.13 bits per heavy atom. The first kappa shape index (κ1) is 18.1. The maximum atomic E-state index is 12.5. The van der Waals surface area contributed by atoms with E-state index in [1.54, 1.807) is 13.0 Å². The SMILES string of the molecule is CC(=O)c1ccc(C)cc1OS(=O)(=O)c1c(Cl)cc(Cl)cc1Cl. The zero-order chi connectivity index (χ0) is 17.4. The Hall–Kier alpha value is -1.27. The third-order valence-electron chi connectivity index (χ3n) is 2.93. The lowest BCUT2D eigenvalue weighted by atomic mass is 10.1. The number of ketones is 1. The van der Waals surface area contributed by atoms with Crippen molar-refractivity contribution in [3.63, 3.8) is 0 Å². The van der Waals surface area contributed by atoms with Gasteiger partial charge in [-0.2, -0.15) is 8.42 Å². The molecule has 0 aliphatic rings. The van der Waals surface area contributed by atoms with Gasteiger partial charge in [0.1, 0.15) is 4.90 Å². The Balaban J connectivity index is 2.56. The van der Waals surface area contributed by atoms with Crippen molar-refractivity contribution in [3.05, 3.63) is 56.5 Å². The summed E-state index contributed by atoms with van der Waals surface area (Å²) < 4.78 is 30.1. The molecule has 23 heavy (non-hydrogen) atoms. The zero-order valence-electron chi connectivity index (χ0n) is 12.1. The highest BCUT2D eigenvalue weighted by atomic mass is 35.5. The molecule has 0 spiro atoms. The van der Waals surface area contributed by atoms with Crippen LogP contribution in [0.5, 0.6) is 5.75 Å². The quantitative estimate of drug-likeness (QED) is 0.546. The normalized spacial score (nSPS) is 11.3. The molecule has 8 heteroatoms. The van der Waals surface area contributed by atoms with Crippen LogP contribution < -0.4 is 4.18 Å². The fraction of sp³-hybridized carbons (Fsp3) is 0.133. The average molecular weight is 394 g/mol. The van der Waals surface area contributed by atoms with E-state index in [4.69, 9.17) is 39.0 Å². The molecule has 0 aromatic heterocycles. The number of aryl methyl sites for hydroxylation is 1. The summed E-state index contributed by atoms with van der Waals surface area (Å²) in [7, 11) is -4.34. The molecule has 0 atom stereocenters. The van der Waals surface area contributed by atoms with Crippen molar-refractivity contribution >= 4 is 50.7 Å². The molecular weight excluding hydrogens is 383 g/mol. The topological polar surface area (TPSA) is 60.4 Å². The fourth-order valence-corrected chi connectivity index (χ4v) is 4.35. The van der Waals surface area contributed by atoms with Crippen molar-refractivity contribution in [1.82, 2.24) is 0 Å². The molecule has 0 radical (unpaired) electrons. The summed E-state index contributed by atoms with van der Waals surface area (Å²) in [4.78, 5) is 11.2. The van der Waals surface area contributed by atoms with Gasteiger partial charge in [0.25, 0.3) is 0 Å². The molecule has 0 amide bonds. The average Bonchev–Trinajstić information content (AvgIpc) is 2.35. The molecule has 0 aliphatic heterocycles. The van der Waals surface area contributed by atoms with E-state index in [1.165, 1.54) is 31.2 Å². The standard InChI is InChI=1S/C15H11Cl3O4S/c1-8-3-4-11(9(2)19)14(5-8)22-23(20,21)15-12(17)6-10(16)7-13(15)18/h3-7H,1-2H3. The van der Waals surface area contributed by atoms with E-state index in [2.05, 4.69) is 0 Å². The summed E-state index contributed by atoms with van der Waals surface area (Å²) in [5.74, 6) is -0.414. The van der Waals surface area contributed by atoms with Crippen LogP contribution in [0.1, 0.15) is 22.8 Å². The first-order valence-corrected chi connectivity index (χ1v) is 8.86. The second-order valence-electron chi connectivity index (χ2n) is 4.79. The molecular formula is C15H11Cl3O4S. The first-order chi connectivity index (χ1) is 10.6. The number of halogens is 3. The molecule has 0 saturated heterocycles. The maximum Gasteiger partial charge on any atom is 0.342 e. The molecule has 0 N–H and O–H groups in total. The monoisotopic (exact) mass is 392 g/mol. The predicted octanol–water partition coefficient (Wildman–Crippen LogP) is 4.93. The third kappa shape index (κ3) is 3.98. The van der Waals surface area contributed by atoms with Gasteiger partial charge >= 0.3 is 10.1 Å². The van der Waals surface area contributed by atoms with Gasteiger partial charge in [0.05, 0.1) is 15.6 Å². The smallest absolute Gasteiger partial charge is 0.342 e. The molecule has 2 aromatic rings. The van der Waals surface area contributed by atoms with Crippen LogP contribution in [-0.2, 0) is 10.1 Å². The van der Waals surface area contributed by atoms with E-state index in [0.717, 1.165) is 5.56 Å². The number of hydrogen-bond donors (Lipinski definition) is 0. The van der Waals surface area contributed by atoms with E-state index in [1.807, 2.05) is 0 Å². The highest BCUT2D eigenvalue weighted by molar-refractivity contribution is 7.87.